The third-order valence-electron chi connectivity index (χ3n) is 3.64. The van der Waals surface area contributed by atoms with Crippen LogP contribution < -0.4 is 4.74 Å². The number of hydrogen-bond donors (Lipinski definition) is 0. The molecule has 0 bridgehead atoms. The van der Waals surface area contributed by atoms with Gasteiger partial charge in [0.2, 0.25) is 0 Å². The van der Waals surface area contributed by atoms with Gasteiger partial charge in [0, 0.05) is 31.7 Å². The number of para-hydroxylation sites is 1. The van der Waals surface area contributed by atoms with Gasteiger partial charge in [0.15, 0.2) is 0 Å². The Morgan fingerprint density at radius 2 is 1.74 bits per heavy atom. The topological polar surface area (TPSA) is 49.9 Å². The zero-order valence-electron chi connectivity index (χ0n) is 10.8. The smallest absolute Gasteiger partial charge is 0.282 e. The molecule has 0 N–H and O–H groups in total. The van der Waals surface area contributed by atoms with Crippen LogP contribution in [0.5, 0.6) is 5.75 Å². The molecule has 5 nitrogen and oxygen atoms in total. The van der Waals surface area contributed by atoms with Crippen LogP contribution in [-0.2, 0) is 16.8 Å². The van der Waals surface area contributed by atoms with E-state index < -0.39 is 10.2 Å². The maximum absolute atomic E-state index is 12.5. The lowest BCUT2D eigenvalue weighted by Gasteiger charge is -2.25. The highest BCUT2D eigenvalue weighted by Crippen LogP contribution is 2.26. The Balaban J connectivity index is 1.86. The van der Waals surface area contributed by atoms with Crippen molar-refractivity contribution in [3.8, 4) is 5.75 Å². The SMILES string of the molecule is O=S(=O)(N1CCCC1)N1CCOc2ccccc2C1. The third kappa shape index (κ3) is 2.48. The summed E-state index contributed by atoms with van der Waals surface area (Å²) in [4.78, 5) is 0. The fourth-order valence-corrected chi connectivity index (χ4v) is 4.23. The first-order chi connectivity index (χ1) is 9.18. The van der Waals surface area contributed by atoms with Crippen LogP contribution in [0.1, 0.15) is 18.4 Å². The summed E-state index contributed by atoms with van der Waals surface area (Å²) < 4.78 is 33.8. The lowest BCUT2D eigenvalue weighted by molar-refractivity contribution is 0.283. The summed E-state index contributed by atoms with van der Waals surface area (Å²) in [5.41, 5.74) is 0.933. The Bertz CT molecular complexity index is 553. The van der Waals surface area contributed by atoms with E-state index in [1.807, 2.05) is 24.3 Å². The maximum atomic E-state index is 12.5. The average molecular weight is 282 g/mol. The molecule has 19 heavy (non-hydrogen) atoms. The van der Waals surface area contributed by atoms with E-state index in [1.54, 1.807) is 4.31 Å². The van der Waals surface area contributed by atoms with Crippen LogP contribution in [-0.4, -0.2) is 43.3 Å². The van der Waals surface area contributed by atoms with Crippen molar-refractivity contribution in [3.63, 3.8) is 0 Å². The molecule has 6 heteroatoms. The van der Waals surface area contributed by atoms with E-state index in [9.17, 15) is 8.42 Å². The zero-order chi connectivity index (χ0) is 13.3. The molecule has 0 aliphatic carbocycles. The Hall–Kier alpha value is -1.11. The molecular formula is C13H18N2O3S. The minimum absolute atomic E-state index is 0.398. The van der Waals surface area contributed by atoms with Gasteiger partial charge in [0.1, 0.15) is 12.4 Å². The first kappa shape index (κ1) is 12.9. The van der Waals surface area contributed by atoms with E-state index in [-0.39, 0.29) is 0 Å². The highest BCUT2D eigenvalue weighted by molar-refractivity contribution is 7.86. The first-order valence-corrected chi connectivity index (χ1v) is 8.03. The van der Waals surface area contributed by atoms with Crippen molar-refractivity contribution in [2.24, 2.45) is 0 Å². The van der Waals surface area contributed by atoms with Gasteiger partial charge in [-0.15, -0.1) is 0 Å². The summed E-state index contributed by atoms with van der Waals surface area (Å²) in [5.74, 6) is 0.793. The van der Waals surface area contributed by atoms with Gasteiger partial charge < -0.3 is 4.74 Å². The molecular weight excluding hydrogens is 264 g/mol. The monoisotopic (exact) mass is 282 g/mol. The highest BCUT2D eigenvalue weighted by Gasteiger charge is 2.33. The normalized spacial score (nSPS) is 21.7. The van der Waals surface area contributed by atoms with E-state index in [4.69, 9.17) is 4.74 Å². The Morgan fingerprint density at radius 1 is 1.00 bits per heavy atom. The molecule has 0 aromatic heterocycles. The number of ether oxygens (including phenoxy) is 1. The summed E-state index contributed by atoms with van der Waals surface area (Å²) >= 11 is 0. The Morgan fingerprint density at radius 3 is 2.53 bits per heavy atom. The standard InChI is InChI=1S/C13H18N2O3S/c16-19(17,14-7-3-4-8-14)15-9-10-18-13-6-2-1-5-12(13)11-15/h1-2,5-6H,3-4,7-11H2. The second kappa shape index (κ2) is 5.11. The predicted octanol–water partition coefficient (Wildman–Crippen LogP) is 1.22. The summed E-state index contributed by atoms with van der Waals surface area (Å²) in [6.45, 7) is 2.50. The summed E-state index contributed by atoms with van der Waals surface area (Å²) in [5, 5.41) is 0. The Kier molecular flexibility index (Phi) is 3.47. The van der Waals surface area contributed by atoms with Gasteiger partial charge in [0.25, 0.3) is 10.2 Å². The largest absolute Gasteiger partial charge is 0.492 e. The molecule has 0 radical (unpaired) electrons. The second-order valence-corrected chi connectivity index (χ2v) is 6.83. The number of rotatable bonds is 2. The minimum atomic E-state index is -3.34. The summed E-state index contributed by atoms with van der Waals surface area (Å²) in [6.07, 6.45) is 1.92. The molecule has 1 aromatic rings. The van der Waals surface area contributed by atoms with Crippen LogP contribution in [0, 0.1) is 0 Å². The van der Waals surface area contributed by atoms with Crippen molar-refractivity contribution < 1.29 is 13.2 Å². The van der Waals surface area contributed by atoms with Gasteiger partial charge in [-0.1, -0.05) is 18.2 Å². The second-order valence-electron chi connectivity index (χ2n) is 4.90. The van der Waals surface area contributed by atoms with E-state index >= 15 is 0 Å². The van der Waals surface area contributed by atoms with Gasteiger partial charge in [-0.05, 0) is 18.9 Å². The van der Waals surface area contributed by atoms with Gasteiger partial charge in [0.05, 0.1) is 0 Å². The molecule has 1 saturated heterocycles. The molecule has 3 rings (SSSR count). The molecule has 1 aromatic carbocycles. The van der Waals surface area contributed by atoms with Crippen molar-refractivity contribution in [2.45, 2.75) is 19.4 Å². The van der Waals surface area contributed by atoms with E-state index in [1.165, 1.54) is 4.31 Å². The predicted molar refractivity (Wildman–Crippen MR) is 72.1 cm³/mol. The van der Waals surface area contributed by atoms with Crippen molar-refractivity contribution in [2.75, 3.05) is 26.2 Å². The molecule has 0 amide bonds. The molecule has 2 aliphatic heterocycles. The quantitative estimate of drug-likeness (QED) is 0.819. The molecule has 104 valence electrons. The number of hydrogen-bond acceptors (Lipinski definition) is 3. The van der Waals surface area contributed by atoms with Crippen LogP contribution in [0.2, 0.25) is 0 Å². The fourth-order valence-electron chi connectivity index (χ4n) is 2.58. The molecule has 2 heterocycles. The molecule has 0 spiro atoms. The van der Waals surface area contributed by atoms with Gasteiger partial charge in [-0.3, -0.25) is 0 Å². The number of nitrogens with zero attached hydrogens (tertiary/aromatic N) is 2. The van der Waals surface area contributed by atoms with Crippen molar-refractivity contribution >= 4 is 10.2 Å². The first-order valence-electron chi connectivity index (χ1n) is 6.64. The third-order valence-corrected chi connectivity index (χ3v) is 5.62. The van der Waals surface area contributed by atoms with Gasteiger partial charge >= 0.3 is 0 Å². The van der Waals surface area contributed by atoms with Gasteiger partial charge in [-0.25, -0.2) is 0 Å². The van der Waals surface area contributed by atoms with E-state index in [0.717, 1.165) is 24.2 Å². The van der Waals surface area contributed by atoms with Crippen LogP contribution >= 0.6 is 0 Å². The lowest BCUT2D eigenvalue weighted by Crippen LogP contribution is -2.42. The number of benzene rings is 1. The molecule has 1 fully saturated rings. The zero-order valence-corrected chi connectivity index (χ0v) is 11.6. The van der Waals surface area contributed by atoms with Crippen LogP contribution in [0.3, 0.4) is 0 Å². The number of fused-ring (bicyclic) bond motifs is 1. The Labute approximate surface area is 114 Å². The fraction of sp³-hybridized carbons (Fsp3) is 0.538. The molecule has 0 atom stereocenters. The van der Waals surface area contributed by atoms with E-state index in [0.29, 0.717) is 32.8 Å². The lowest BCUT2D eigenvalue weighted by atomic mass is 10.2. The summed E-state index contributed by atoms with van der Waals surface area (Å²) in [7, 11) is -3.34. The summed E-state index contributed by atoms with van der Waals surface area (Å²) in [6, 6.07) is 7.63. The van der Waals surface area contributed by atoms with Crippen LogP contribution in [0.25, 0.3) is 0 Å². The molecule has 0 unspecified atom stereocenters. The van der Waals surface area contributed by atoms with Crippen LogP contribution in [0.4, 0.5) is 0 Å². The van der Waals surface area contributed by atoms with Gasteiger partial charge in [-0.2, -0.15) is 17.0 Å². The highest BCUT2D eigenvalue weighted by atomic mass is 32.2. The molecule has 2 aliphatic rings. The average Bonchev–Trinajstić information content (AvgIpc) is 2.85. The maximum Gasteiger partial charge on any atom is 0.282 e. The minimum Gasteiger partial charge on any atom is -0.492 e. The molecule has 0 saturated carbocycles. The van der Waals surface area contributed by atoms with Crippen molar-refractivity contribution in [1.29, 1.82) is 0 Å². The van der Waals surface area contributed by atoms with Crippen molar-refractivity contribution in [3.05, 3.63) is 29.8 Å². The van der Waals surface area contributed by atoms with Crippen molar-refractivity contribution in [1.82, 2.24) is 8.61 Å². The van der Waals surface area contributed by atoms with E-state index in [2.05, 4.69) is 0 Å². The van der Waals surface area contributed by atoms with Crippen LogP contribution in [0.15, 0.2) is 24.3 Å².